The largest absolute Gasteiger partial charge is 0.493 e. The van der Waals surface area contributed by atoms with Crippen LogP contribution in [0.5, 0.6) is 5.75 Å². The Balaban J connectivity index is 1.33. The van der Waals surface area contributed by atoms with Gasteiger partial charge in [0.25, 0.3) is 0 Å². The first-order valence-corrected chi connectivity index (χ1v) is 8.31. The highest BCUT2D eigenvalue weighted by molar-refractivity contribution is 5.76. The molecule has 22 heavy (non-hydrogen) atoms. The van der Waals surface area contributed by atoms with E-state index in [1.54, 1.807) is 0 Å². The number of ether oxygens (including phenoxy) is 1. The van der Waals surface area contributed by atoms with Crippen LogP contribution in [0, 0.1) is 0 Å². The third-order valence-electron chi connectivity index (χ3n) is 5.05. The first-order valence-electron chi connectivity index (χ1n) is 8.31. The number of hydrogen-bond acceptors (Lipinski definition) is 3. The van der Waals surface area contributed by atoms with Crippen molar-refractivity contribution in [3.63, 3.8) is 0 Å². The summed E-state index contributed by atoms with van der Waals surface area (Å²) in [5.74, 6) is 1.06. The molecule has 1 aromatic rings. The number of nitrogens with zero attached hydrogens (tertiary/aromatic N) is 2. The third-order valence-corrected chi connectivity index (χ3v) is 5.05. The zero-order valence-corrected chi connectivity index (χ0v) is 12.9. The topological polar surface area (TPSA) is 44.8 Å². The van der Waals surface area contributed by atoms with Gasteiger partial charge >= 0.3 is 6.03 Å². The molecule has 0 radical (unpaired) electrons. The molecule has 4 rings (SSSR count). The number of urea groups is 1. The summed E-state index contributed by atoms with van der Waals surface area (Å²) in [7, 11) is 0. The summed E-state index contributed by atoms with van der Waals surface area (Å²) in [6, 6.07) is 7.13. The van der Waals surface area contributed by atoms with Crippen LogP contribution < -0.4 is 10.1 Å². The maximum absolute atomic E-state index is 11.7. The average Bonchev–Trinajstić information content (AvgIpc) is 3.16. The fourth-order valence-corrected chi connectivity index (χ4v) is 3.82. The Morgan fingerprint density at radius 2 is 2.09 bits per heavy atom. The molecule has 2 amide bonds. The van der Waals surface area contributed by atoms with Gasteiger partial charge in [0.05, 0.1) is 6.61 Å². The van der Waals surface area contributed by atoms with Crippen molar-refractivity contribution in [1.29, 1.82) is 0 Å². The van der Waals surface area contributed by atoms with Crippen molar-refractivity contribution in [2.45, 2.75) is 31.8 Å². The van der Waals surface area contributed by atoms with Crippen LogP contribution in [-0.2, 0) is 13.0 Å². The van der Waals surface area contributed by atoms with Gasteiger partial charge in [0.1, 0.15) is 5.75 Å². The van der Waals surface area contributed by atoms with E-state index in [2.05, 4.69) is 28.4 Å². The first-order chi connectivity index (χ1) is 10.8. The molecule has 2 fully saturated rings. The van der Waals surface area contributed by atoms with Crippen LogP contribution in [0.1, 0.15) is 24.0 Å². The molecule has 5 nitrogen and oxygen atoms in total. The fourth-order valence-electron chi connectivity index (χ4n) is 3.82. The minimum absolute atomic E-state index is 0.122. The molecule has 2 saturated heterocycles. The van der Waals surface area contributed by atoms with E-state index in [0.717, 1.165) is 64.3 Å². The lowest BCUT2D eigenvalue weighted by atomic mass is 10.0. The second kappa shape index (κ2) is 5.80. The number of carbonyl (C=O) groups excluding carboxylic acids is 1. The molecule has 1 N–H and O–H groups in total. The van der Waals surface area contributed by atoms with Crippen LogP contribution in [0.4, 0.5) is 4.79 Å². The second-order valence-corrected chi connectivity index (χ2v) is 6.47. The van der Waals surface area contributed by atoms with Crippen molar-refractivity contribution in [3.05, 3.63) is 29.3 Å². The van der Waals surface area contributed by atoms with Crippen LogP contribution in [0.2, 0.25) is 0 Å². The molecule has 1 aromatic carbocycles. The number of fused-ring (bicyclic) bond motifs is 1. The number of nitrogens with one attached hydrogen (secondary N) is 1. The summed E-state index contributed by atoms with van der Waals surface area (Å²) in [6.45, 7) is 5.64. The fraction of sp³-hybridized carbons (Fsp3) is 0.588. The van der Waals surface area contributed by atoms with Gasteiger partial charge in [0, 0.05) is 45.2 Å². The minimum atomic E-state index is 0.122. The predicted molar refractivity (Wildman–Crippen MR) is 84.0 cm³/mol. The van der Waals surface area contributed by atoms with Crippen LogP contribution in [-0.4, -0.2) is 54.7 Å². The van der Waals surface area contributed by atoms with Crippen LogP contribution >= 0.6 is 0 Å². The molecule has 0 aliphatic carbocycles. The zero-order chi connectivity index (χ0) is 14.9. The SMILES string of the molecule is O=C1NCCN1C1CCN(Cc2ccc3c(c2)CCO3)CC1. The maximum Gasteiger partial charge on any atom is 0.317 e. The first kappa shape index (κ1) is 13.9. The van der Waals surface area contributed by atoms with Gasteiger partial charge in [-0.15, -0.1) is 0 Å². The molecule has 0 aromatic heterocycles. The lowest BCUT2D eigenvalue weighted by Gasteiger charge is -2.36. The van der Waals surface area contributed by atoms with Crippen LogP contribution in [0.25, 0.3) is 0 Å². The molecule has 0 spiro atoms. The van der Waals surface area contributed by atoms with E-state index in [1.165, 1.54) is 11.1 Å². The van der Waals surface area contributed by atoms with Gasteiger partial charge < -0.3 is 15.0 Å². The molecule has 118 valence electrons. The number of benzene rings is 1. The molecule has 0 atom stereocenters. The van der Waals surface area contributed by atoms with E-state index < -0.39 is 0 Å². The van der Waals surface area contributed by atoms with Gasteiger partial charge in [-0.05, 0) is 30.0 Å². The lowest BCUT2D eigenvalue weighted by Crippen LogP contribution is -2.45. The molecule has 3 aliphatic heterocycles. The summed E-state index contributed by atoms with van der Waals surface area (Å²) >= 11 is 0. The highest BCUT2D eigenvalue weighted by atomic mass is 16.5. The van der Waals surface area contributed by atoms with Gasteiger partial charge in [-0.3, -0.25) is 4.90 Å². The number of piperidine rings is 1. The Kier molecular flexibility index (Phi) is 3.66. The van der Waals surface area contributed by atoms with Crippen molar-refractivity contribution in [2.24, 2.45) is 0 Å². The number of hydrogen-bond donors (Lipinski definition) is 1. The van der Waals surface area contributed by atoms with Crippen LogP contribution in [0.15, 0.2) is 18.2 Å². The van der Waals surface area contributed by atoms with Crippen molar-refractivity contribution >= 4 is 6.03 Å². The Morgan fingerprint density at radius 1 is 1.23 bits per heavy atom. The van der Waals surface area contributed by atoms with Gasteiger partial charge in [-0.1, -0.05) is 12.1 Å². The van der Waals surface area contributed by atoms with E-state index in [4.69, 9.17) is 4.74 Å². The summed E-state index contributed by atoms with van der Waals surface area (Å²) in [6.07, 6.45) is 3.21. The van der Waals surface area contributed by atoms with Crippen molar-refractivity contribution in [2.75, 3.05) is 32.8 Å². The molecule has 5 heteroatoms. The van der Waals surface area contributed by atoms with Crippen molar-refractivity contribution in [3.8, 4) is 5.75 Å². The quantitative estimate of drug-likeness (QED) is 0.922. The van der Waals surface area contributed by atoms with Gasteiger partial charge in [-0.2, -0.15) is 0 Å². The highest BCUT2D eigenvalue weighted by Crippen LogP contribution is 2.27. The standard InChI is InChI=1S/C17H23N3O2/c21-17-18-6-9-20(17)15-3-7-19(8-4-15)12-13-1-2-16-14(11-13)5-10-22-16/h1-2,11,15H,3-10,12H2,(H,18,21). The van der Waals surface area contributed by atoms with Crippen molar-refractivity contribution in [1.82, 2.24) is 15.1 Å². The Labute approximate surface area is 131 Å². The monoisotopic (exact) mass is 301 g/mol. The number of rotatable bonds is 3. The summed E-state index contributed by atoms with van der Waals surface area (Å²) in [5, 5.41) is 2.90. The highest BCUT2D eigenvalue weighted by Gasteiger charge is 2.30. The van der Waals surface area contributed by atoms with Crippen LogP contribution in [0.3, 0.4) is 0 Å². The number of carbonyl (C=O) groups is 1. The Morgan fingerprint density at radius 3 is 2.86 bits per heavy atom. The maximum atomic E-state index is 11.7. The third kappa shape index (κ3) is 2.65. The molecule has 0 saturated carbocycles. The van der Waals surface area contributed by atoms with E-state index in [-0.39, 0.29) is 6.03 Å². The average molecular weight is 301 g/mol. The second-order valence-electron chi connectivity index (χ2n) is 6.47. The van der Waals surface area contributed by atoms with Gasteiger partial charge in [-0.25, -0.2) is 4.79 Å². The predicted octanol–water partition coefficient (Wildman–Crippen LogP) is 1.61. The van der Waals surface area contributed by atoms with E-state index in [0.29, 0.717) is 6.04 Å². The Hall–Kier alpha value is -1.75. The zero-order valence-electron chi connectivity index (χ0n) is 12.9. The number of likely N-dealkylation sites (tertiary alicyclic amines) is 1. The number of amides is 2. The van der Waals surface area contributed by atoms with Gasteiger partial charge in [0.15, 0.2) is 0 Å². The molecule has 0 unspecified atom stereocenters. The smallest absolute Gasteiger partial charge is 0.317 e. The van der Waals surface area contributed by atoms with Gasteiger partial charge in [0.2, 0.25) is 0 Å². The molecular formula is C17H23N3O2. The molecule has 3 heterocycles. The van der Waals surface area contributed by atoms with E-state index in [1.807, 2.05) is 4.90 Å². The summed E-state index contributed by atoms with van der Waals surface area (Å²) in [4.78, 5) is 16.3. The molecule has 3 aliphatic rings. The van der Waals surface area contributed by atoms with Crippen molar-refractivity contribution < 1.29 is 9.53 Å². The normalized spacial score (nSPS) is 22.5. The van der Waals surface area contributed by atoms with E-state index in [9.17, 15) is 4.79 Å². The lowest BCUT2D eigenvalue weighted by molar-refractivity contribution is 0.132. The summed E-state index contributed by atoms with van der Waals surface area (Å²) < 4.78 is 5.57. The minimum Gasteiger partial charge on any atom is -0.493 e. The Bertz CT molecular complexity index is 567. The molecule has 0 bridgehead atoms. The summed E-state index contributed by atoms with van der Waals surface area (Å²) in [5.41, 5.74) is 2.72. The molecular weight excluding hydrogens is 278 g/mol. The van der Waals surface area contributed by atoms with E-state index >= 15 is 0 Å².